The van der Waals surface area contributed by atoms with E-state index in [4.69, 9.17) is 0 Å². The van der Waals surface area contributed by atoms with Crippen LogP contribution in [0, 0.1) is 5.92 Å². The van der Waals surface area contributed by atoms with Gasteiger partial charge in [-0.15, -0.1) is 0 Å². The second kappa shape index (κ2) is 14.4. The summed E-state index contributed by atoms with van der Waals surface area (Å²) < 4.78 is 0. The second-order valence-corrected chi connectivity index (χ2v) is 6.17. The van der Waals surface area contributed by atoms with Gasteiger partial charge in [-0.2, -0.15) is 0 Å². The number of aliphatic hydroxyl groups is 1. The largest absolute Gasteiger partial charge is 0.393 e. The topological polar surface area (TPSA) is 20.2 Å². The average molecular weight is 271 g/mol. The smallest absolute Gasteiger partial charge is 0.0568 e. The van der Waals surface area contributed by atoms with Crippen LogP contribution in [-0.2, 0) is 0 Å². The van der Waals surface area contributed by atoms with Crippen molar-refractivity contribution in [1.29, 1.82) is 0 Å². The van der Waals surface area contributed by atoms with Crippen LogP contribution in [0.2, 0.25) is 0 Å². The molecule has 0 rings (SSSR count). The summed E-state index contributed by atoms with van der Waals surface area (Å²) in [4.78, 5) is 0. The fraction of sp³-hybridized carbons (Fsp3) is 1.00. The van der Waals surface area contributed by atoms with E-state index in [1.807, 2.05) is 0 Å². The molecule has 0 spiro atoms. The van der Waals surface area contributed by atoms with Gasteiger partial charge in [-0.05, 0) is 25.2 Å². The Bertz CT molecular complexity index is 167. The van der Waals surface area contributed by atoms with Gasteiger partial charge in [0.05, 0.1) is 6.10 Å². The van der Waals surface area contributed by atoms with Crippen LogP contribution < -0.4 is 0 Å². The molecule has 0 fully saturated rings. The quantitative estimate of drug-likeness (QED) is 0.378. The third-order valence-corrected chi connectivity index (χ3v) is 4.24. The third-order valence-electron chi connectivity index (χ3n) is 4.24. The summed E-state index contributed by atoms with van der Waals surface area (Å²) in [6, 6.07) is 0. The molecule has 0 radical (unpaired) electrons. The van der Waals surface area contributed by atoms with Gasteiger partial charge in [-0.3, -0.25) is 0 Å². The van der Waals surface area contributed by atoms with Crippen molar-refractivity contribution in [3.8, 4) is 0 Å². The number of aliphatic hydroxyl groups excluding tert-OH is 1. The predicted molar refractivity (Wildman–Crippen MR) is 86.5 cm³/mol. The maximum Gasteiger partial charge on any atom is 0.0568 e. The van der Waals surface area contributed by atoms with Crippen molar-refractivity contribution in [1.82, 2.24) is 0 Å². The lowest BCUT2D eigenvalue weighted by Crippen LogP contribution is -2.20. The van der Waals surface area contributed by atoms with Crippen LogP contribution in [0.4, 0.5) is 0 Å². The average Bonchev–Trinajstić information content (AvgIpc) is 2.41. The van der Waals surface area contributed by atoms with Crippen molar-refractivity contribution < 1.29 is 5.11 Å². The first-order chi connectivity index (χ1) is 9.26. The van der Waals surface area contributed by atoms with E-state index in [9.17, 15) is 5.11 Å². The summed E-state index contributed by atoms with van der Waals surface area (Å²) in [5.74, 6) is 0.568. The highest BCUT2D eigenvalue weighted by atomic mass is 16.3. The first-order valence-corrected chi connectivity index (χ1v) is 8.94. The summed E-state index contributed by atoms with van der Waals surface area (Å²) >= 11 is 0. The van der Waals surface area contributed by atoms with Crippen molar-refractivity contribution in [2.24, 2.45) is 5.92 Å². The SMILES string of the molecule is CCCCCCCC(CCCCCC)C(O)CCC. The van der Waals surface area contributed by atoms with E-state index in [0.717, 1.165) is 12.8 Å². The van der Waals surface area contributed by atoms with E-state index in [1.54, 1.807) is 0 Å². The van der Waals surface area contributed by atoms with Crippen LogP contribution in [0.5, 0.6) is 0 Å². The molecule has 1 N–H and O–H groups in total. The number of unbranched alkanes of at least 4 members (excludes halogenated alkanes) is 7. The fourth-order valence-electron chi connectivity index (χ4n) is 2.90. The van der Waals surface area contributed by atoms with E-state index in [1.165, 1.54) is 70.6 Å². The van der Waals surface area contributed by atoms with Crippen LogP contribution in [-0.4, -0.2) is 11.2 Å². The monoisotopic (exact) mass is 270 g/mol. The Kier molecular flexibility index (Phi) is 14.3. The molecule has 0 aromatic heterocycles. The van der Waals surface area contributed by atoms with E-state index in [0.29, 0.717) is 5.92 Å². The molecule has 0 aliphatic heterocycles. The molecular weight excluding hydrogens is 232 g/mol. The highest BCUT2D eigenvalue weighted by Gasteiger charge is 2.17. The lowest BCUT2D eigenvalue weighted by molar-refractivity contribution is 0.0849. The van der Waals surface area contributed by atoms with Crippen molar-refractivity contribution in [3.63, 3.8) is 0 Å². The first kappa shape index (κ1) is 19.0. The molecule has 0 bridgehead atoms. The molecule has 2 unspecified atom stereocenters. The Labute approximate surface area is 122 Å². The van der Waals surface area contributed by atoms with Crippen LogP contribution >= 0.6 is 0 Å². The molecule has 1 heteroatoms. The molecule has 116 valence electrons. The van der Waals surface area contributed by atoms with Crippen LogP contribution in [0.15, 0.2) is 0 Å². The second-order valence-electron chi connectivity index (χ2n) is 6.17. The highest BCUT2D eigenvalue weighted by molar-refractivity contribution is 4.69. The van der Waals surface area contributed by atoms with E-state index < -0.39 is 0 Å². The zero-order valence-corrected chi connectivity index (χ0v) is 13.8. The molecule has 0 aliphatic carbocycles. The van der Waals surface area contributed by atoms with Gasteiger partial charge in [0.15, 0.2) is 0 Å². The summed E-state index contributed by atoms with van der Waals surface area (Å²) in [6.45, 7) is 6.71. The number of hydrogen-bond acceptors (Lipinski definition) is 1. The molecule has 1 nitrogen and oxygen atoms in total. The Morgan fingerprint density at radius 2 is 1.05 bits per heavy atom. The molecule has 0 amide bonds. The van der Waals surface area contributed by atoms with Crippen molar-refractivity contribution >= 4 is 0 Å². The summed E-state index contributed by atoms with van der Waals surface area (Å²) in [6.07, 6.45) is 16.6. The van der Waals surface area contributed by atoms with Crippen LogP contribution in [0.25, 0.3) is 0 Å². The molecule has 0 aliphatic rings. The zero-order chi connectivity index (χ0) is 14.3. The summed E-state index contributed by atoms with van der Waals surface area (Å²) in [7, 11) is 0. The molecular formula is C18H38O. The summed E-state index contributed by atoms with van der Waals surface area (Å²) in [5, 5.41) is 10.3. The van der Waals surface area contributed by atoms with E-state index in [-0.39, 0.29) is 6.10 Å². The lowest BCUT2D eigenvalue weighted by atomic mass is 9.88. The fourth-order valence-corrected chi connectivity index (χ4v) is 2.90. The molecule has 0 saturated heterocycles. The minimum atomic E-state index is -0.0437. The number of hydrogen-bond donors (Lipinski definition) is 1. The Hall–Kier alpha value is -0.0400. The lowest BCUT2D eigenvalue weighted by Gasteiger charge is -2.22. The van der Waals surface area contributed by atoms with E-state index >= 15 is 0 Å². The molecule has 2 atom stereocenters. The maximum absolute atomic E-state index is 10.3. The van der Waals surface area contributed by atoms with Gasteiger partial charge in [0.2, 0.25) is 0 Å². The Morgan fingerprint density at radius 3 is 1.53 bits per heavy atom. The number of rotatable bonds is 14. The Balaban J connectivity index is 3.82. The normalized spacial score (nSPS) is 14.5. The first-order valence-electron chi connectivity index (χ1n) is 8.94. The minimum Gasteiger partial charge on any atom is -0.393 e. The predicted octanol–water partition coefficient (Wildman–Crippen LogP) is 6.09. The maximum atomic E-state index is 10.3. The van der Waals surface area contributed by atoms with Gasteiger partial charge in [0, 0.05) is 0 Å². The Morgan fingerprint density at radius 1 is 0.579 bits per heavy atom. The van der Waals surface area contributed by atoms with Crippen molar-refractivity contribution in [2.45, 2.75) is 110 Å². The molecule has 0 saturated carbocycles. The zero-order valence-electron chi connectivity index (χ0n) is 13.8. The van der Waals surface area contributed by atoms with Gasteiger partial charge in [-0.25, -0.2) is 0 Å². The van der Waals surface area contributed by atoms with Gasteiger partial charge < -0.3 is 5.11 Å². The molecule has 0 aromatic carbocycles. The molecule has 0 heterocycles. The van der Waals surface area contributed by atoms with E-state index in [2.05, 4.69) is 20.8 Å². The van der Waals surface area contributed by atoms with Crippen molar-refractivity contribution in [3.05, 3.63) is 0 Å². The van der Waals surface area contributed by atoms with Crippen LogP contribution in [0.1, 0.15) is 104 Å². The van der Waals surface area contributed by atoms with Gasteiger partial charge in [-0.1, -0.05) is 85.0 Å². The molecule has 0 aromatic rings. The summed E-state index contributed by atoms with van der Waals surface area (Å²) in [5.41, 5.74) is 0. The standard InChI is InChI=1S/C18H38O/c1-4-7-9-11-13-16-17(18(19)14-6-3)15-12-10-8-5-2/h17-19H,4-16H2,1-3H3. The highest BCUT2D eigenvalue weighted by Crippen LogP contribution is 2.24. The minimum absolute atomic E-state index is 0.0437. The third kappa shape index (κ3) is 11.5. The van der Waals surface area contributed by atoms with Crippen molar-refractivity contribution in [2.75, 3.05) is 0 Å². The molecule has 19 heavy (non-hydrogen) atoms. The van der Waals surface area contributed by atoms with Gasteiger partial charge >= 0.3 is 0 Å². The van der Waals surface area contributed by atoms with Gasteiger partial charge in [0.1, 0.15) is 0 Å². The van der Waals surface area contributed by atoms with Gasteiger partial charge in [0.25, 0.3) is 0 Å². The van der Waals surface area contributed by atoms with Crippen LogP contribution in [0.3, 0.4) is 0 Å².